The van der Waals surface area contributed by atoms with Crippen LogP contribution < -0.4 is 5.32 Å². The minimum absolute atomic E-state index is 0.105. The van der Waals surface area contributed by atoms with Gasteiger partial charge in [-0.25, -0.2) is 14.8 Å². The summed E-state index contributed by atoms with van der Waals surface area (Å²) >= 11 is 0. The fourth-order valence-electron chi connectivity index (χ4n) is 7.85. The molecule has 58 heavy (non-hydrogen) atoms. The van der Waals surface area contributed by atoms with E-state index in [9.17, 15) is 14.4 Å². The summed E-state index contributed by atoms with van der Waals surface area (Å²) in [6.07, 6.45) is 6.05. The van der Waals surface area contributed by atoms with Crippen molar-refractivity contribution in [2.24, 2.45) is 0 Å². The average Bonchev–Trinajstić information content (AvgIpc) is 4.11. The maximum absolute atomic E-state index is 14.1. The van der Waals surface area contributed by atoms with Gasteiger partial charge in [0.05, 0.1) is 31.6 Å². The predicted molar refractivity (Wildman–Crippen MR) is 220 cm³/mol. The van der Waals surface area contributed by atoms with Gasteiger partial charge in [0.2, 0.25) is 5.91 Å². The minimum atomic E-state index is -0.885. The highest BCUT2D eigenvalue weighted by molar-refractivity contribution is 5.87. The molecule has 12 nitrogen and oxygen atoms in total. The number of ether oxygens (including phenoxy) is 1. The summed E-state index contributed by atoms with van der Waals surface area (Å²) in [6.45, 7) is 6.98. The van der Waals surface area contributed by atoms with Crippen LogP contribution in [0, 0.1) is 23.7 Å². The second kappa shape index (κ2) is 18.5. The highest BCUT2D eigenvalue weighted by Gasteiger charge is 2.39. The summed E-state index contributed by atoms with van der Waals surface area (Å²) < 4.78 is 4.81. The summed E-state index contributed by atoms with van der Waals surface area (Å²) in [7, 11) is 1.28. The molecule has 0 aliphatic carbocycles. The van der Waals surface area contributed by atoms with E-state index in [1.54, 1.807) is 17.3 Å². The molecule has 3 N–H and O–H groups in total. The highest BCUT2D eigenvalue weighted by Crippen LogP contribution is 2.35. The standard InChI is InChI=1S/C46H48N8O4/c1-4-52(5-2)41(35-16-10-7-11-17-35)45(56)54-29-13-19-39(54)43-48-31-37(50-43)27-25-33-22-20-32(21-23-33)24-26-36-30-47-42(49-36)38-18-12-28-53(38)44(55)40(51-46(57)58-3)34-14-8-6-9-15-34/h6-11,14-17,20-23,30-31,38-41H,4-5,12-13,18-19,28-29H2,1-3H3,(H,47,49)(H,48,50)(H,51,57)/t38-,39-,40+,41+/m0/s1. The van der Waals surface area contributed by atoms with Crippen molar-refractivity contribution in [2.75, 3.05) is 33.3 Å². The zero-order chi connectivity index (χ0) is 40.4. The summed E-state index contributed by atoms with van der Waals surface area (Å²) in [5, 5.41) is 2.69. The number of methoxy groups -OCH3 is 1. The van der Waals surface area contributed by atoms with Crippen LogP contribution in [0.5, 0.6) is 0 Å². The van der Waals surface area contributed by atoms with Crippen LogP contribution in [0.2, 0.25) is 0 Å². The Morgan fingerprint density at radius 3 is 1.69 bits per heavy atom. The van der Waals surface area contributed by atoms with Crippen LogP contribution in [-0.2, 0) is 14.3 Å². The van der Waals surface area contributed by atoms with Crippen molar-refractivity contribution in [3.8, 4) is 23.7 Å². The molecule has 3 amide bonds. The molecule has 12 heteroatoms. The lowest BCUT2D eigenvalue weighted by Crippen LogP contribution is -2.43. The topological polar surface area (TPSA) is 140 Å². The van der Waals surface area contributed by atoms with Crippen LogP contribution in [0.1, 0.15) is 109 Å². The number of alkyl carbamates (subject to hydrolysis) is 1. The monoisotopic (exact) mass is 776 g/mol. The number of likely N-dealkylation sites (tertiary alicyclic amines) is 2. The molecule has 0 unspecified atom stereocenters. The van der Waals surface area contributed by atoms with E-state index < -0.39 is 12.1 Å². The number of benzene rings is 3. The molecule has 296 valence electrons. The van der Waals surface area contributed by atoms with Gasteiger partial charge in [0, 0.05) is 24.2 Å². The van der Waals surface area contributed by atoms with Crippen LogP contribution in [-0.4, -0.2) is 85.8 Å². The number of carbonyl (C=O) groups is 3. The third-order valence-electron chi connectivity index (χ3n) is 10.8. The van der Waals surface area contributed by atoms with E-state index in [1.807, 2.05) is 89.8 Å². The number of imidazole rings is 2. The Morgan fingerprint density at radius 2 is 1.21 bits per heavy atom. The zero-order valence-corrected chi connectivity index (χ0v) is 33.1. The number of rotatable bonds is 10. The number of hydrogen-bond acceptors (Lipinski definition) is 7. The number of hydrogen-bond donors (Lipinski definition) is 3. The minimum Gasteiger partial charge on any atom is -0.453 e. The van der Waals surface area contributed by atoms with Crippen molar-refractivity contribution in [1.82, 2.24) is 40.0 Å². The molecule has 3 aromatic carbocycles. The average molecular weight is 777 g/mol. The first kappa shape index (κ1) is 39.6. The van der Waals surface area contributed by atoms with Crippen molar-refractivity contribution in [3.05, 3.63) is 143 Å². The molecule has 0 bridgehead atoms. The molecular weight excluding hydrogens is 729 g/mol. The second-order valence-corrected chi connectivity index (χ2v) is 14.3. The van der Waals surface area contributed by atoms with Crippen molar-refractivity contribution >= 4 is 17.9 Å². The number of carbonyl (C=O) groups excluding carboxylic acids is 3. The van der Waals surface area contributed by atoms with E-state index in [2.05, 4.69) is 67.7 Å². The SMILES string of the molecule is CCN(CC)[C@@H](C(=O)N1CCC[C@H]1c1ncc(C#Cc2ccc(C#Cc3cnc([C@@H]4CCCN4C(=O)[C@H](NC(=O)OC)c4ccccc4)[nH]3)cc2)[nH]1)c1ccccc1. The normalized spacial score (nSPS) is 17.2. The molecule has 4 heterocycles. The summed E-state index contributed by atoms with van der Waals surface area (Å²) in [6, 6.07) is 25.2. The van der Waals surface area contributed by atoms with Gasteiger partial charge in [-0.05, 0) is 86.0 Å². The molecule has 0 saturated carbocycles. The Hall–Kier alpha value is -6.63. The lowest BCUT2D eigenvalue weighted by Gasteiger charge is -2.34. The van der Waals surface area contributed by atoms with E-state index in [0.29, 0.717) is 35.9 Å². The molecule has 2 aromatic heterocycles. The number of amides is 3. The van der Waals surface area contributed by atoms with Crippen LogP contribution in [0.3, 0.4) is 0 Å². The van der Waals surface area contributed by atoms with Gasteiger partial charge in [-0.15, -0.1) is 0 Å². The summed E-state index contributed by atoms with van der Waals surface area (Å²) in [5.74, 6) is 14.0. The molecule has 2 saturated heterocycles. The lowest BCUT2D eigenvalue weighted by atomic mass is 10.0. The van der Waals surface area contributed by atoms with Gasteiger partial charge in [0.1, 0.15) is 35.1 Å². The van der Waals surface area contributed by atoms with Crippen molar-refractivity contribution in [3.63, 3.8) is 0 Å². The van der Waals surface area contributed by atoms with Gasteiger partial charge >= 0.3 is 6.09 Å². The van der Waals surface area contributed by atoms with Gasteiger partial charge < -0.3 is 29.8 Å². The predicted octanol–water partition coefficient (Wildman–Crippen LogP) is 6.44. The largest absolute Gasteiger partial charge is 0.453 e. The van der Waals surface area contributed by atoms with Gasteiger partial charge in [0.25, 0.3) is 5.91 Å². The van der Waals surface area contributed by atoms with Crippen LogP contribution in [0.25, 0.3) is 0 Å². The number of aromatic nitrogens is 4. The molecule has 4 atom stereocenters. The van der Waals surface area contributed by atoms with Crippen molar-refractivity contribution in [2.45, 2.75) is 63.7 Å². The van der Waals surface area contributed by atoms with Gasteiger partial charge in [-0.2, -0.15) is 0 Å². The summed E-state index contributed by atoms with van der Waals surface area (Å²) in [4.78, 5) is 62.0. The second-order valence-electron chi connectivity index (χ2n) is 14.3. The Balaban J connectivity index is 0.986. The first-order chi connectivity index (χ1) is 28.4. The van der Waals surface area contributed by atoms with Crippen LogP contribution >= 0.6 is 0 Å². The van der Waals surface area contributed by atoms with Crippen molar-refractivity contribution in [1.29, 1.82) is 0 Å². The molecule has 2 fully saturated rings. The van der Waals surface area contributed by atoms with E-state index in [1.165, 1.54) is 7.11 Å². The molecular formula is C46H48N8O4. The highest BCUT2D eigenvalue weighted by atomic mass is 16.5. The third-order valence-corrected chi connectivity index (χ3v) is 10.8. The Bertz CT molecular complexity index is 2310. The Kier molecular flexibility index (Phi) is 12.7. The number of H-pyrrole nitrogens is 2. The fraction of sp³-hybridized carbons (Fsp3) is 0.326. The fourth-order valence-corrected chi connectivity index (χ4v) is 7.85. The van der Waals surface area contributed by atoms with E-state index in [4.69, 9.17) is 4.74 Å². The summed E-state index contributed by atoms with van der Waals surface area (Å²) in [5.41, 5.74) is 4.64. The number of nitrogens with zero attached hydrogens (tertiary/aromatic N) is 5. The first-order valence-electron chi connectivity index (χ1n) is 19.9. The molecule has 0 spiro atoms. The molecule has 2 aliphatic rings. The third kappa shape index (κ3) is 8.99. The van der Waals surface area contributed by atoms with E-state index in [0.717, 1.165) is 61.3 Å². The maximum Gasteiger partial charge on any atom is 0.407 e. The van der Waals surface area contributed by atoms with Gasteiger partial charge in [-0.3, -0.25) is 14.5 Å². The Morgan fingerprint density at radius 1 is 0.724 bits per heavy atom. The zero-order valence-electron chi connectivity index (χ0n) is 33.1. The molecule has 7 rings (SSSR count). The quantitative estimate of drug-likeness (QED) is 0.139. The Labute approximate surface area is 339 Å². The molecule has 5 aromatic rings. The van der Waals surface area contributed by atoms with Crippen molar-refractivity contribution < 1.29 is 19.1 Å². The lowest BCUT2D eigenvalue weighted by molar-refractivity contribution is -0.138. The smallest absolute Gasteiger partial charge is 0.407 e. The number of nitrogens with one attached hydrogen (secondary N) is 3. The van der Waals surface area contributed by atoms with Gasteiger partial charge in [-0.1, -0.05) is 86.4 Å². The van der Waals surface area contributed by atoms with Crippen LogP contribution in [0.15, 0.2) is 97.3 Å². The molecule has 0 radical (unpaired) electrons. The van der Waals surface area contributed by atoms with E-state index in [-0.39, 0.29) is 29.9 Å². The first-order valence-corrected chi connectivity index (χ1v) is 19.9. The number of likely N-dealkylation sites (N-methyl/N-ethyl adjacent to an activating group) is 1. The van der Waals surface area contributed by atoms with Crippen LogP contribution in [0.4, 0.5) is 4.79 Å². The van der Waals surface area contributed by atoms with E-state index >= 15 is 0 Å². The molecule has 2 aliphatic heterocycles. The maximum atomic E-state index is 14.1. The van der Waals surface area contributed by atoms with Gasteiger partial charge in [0.15, 0.2) is 0 Å². The number of aromatic amines is 2.